The van der Waals surface area contributed by atoms with Crippen molar-refractivity contribution in [1.82, 2.24) is 5.32 Å². The number of morpholine rings is 1. The normalized spacial score (nSPS) is 21.6. The lowest BCUT2D eigenvalue weighted by Gasteiger charge is -2.43. The van der Waals surface area contributed by atoms with Crippen molar-refractivity contribution in [2.45, 2.75) is 52.4 Å². The molecule has 1 N–H and O–H groups in total. The number of hydrogen-bond acceptors (Lipinski definition) is 3. The number of nitrogens with one attached hydrogen (secondary N) is 1. The molecule has 1 unspecified atom stereocenters. The molecule has 0 bridgehead atoms. The molecule has 118 valence electrons. The van der Waals surface area contributed by atoms with Crippen molar-refractivity contribution in [1.29, 1.82) is 0 Å². The van der Waals surface area contributed by atoms with Gasteiger partial charge in [-0.15, -0.1) is 0 Å². The summed E-state index contributed by atoms with van der Waals surface area (Å²) >= 11 is 6.23. The first kappa shape index (κ1) is 16.6. The van der Waals surface area contributed by atoms with E-state index in [4.69, 9.17) is 16.3 Å². The Kier molecular flexibility index (Phi) is 5.53. The highest BCUT2D eigenvalue weighted by Gasteiger charge is 2.32. The third kappa shape index (κ3) is 4.60. The molecule has 1 aliphatic heterocycles. The maximum absolute atomic E-state index is 6.23. The van der Waals surface area contributed by atoms with E-state index in [1.54, 1.807) is 0 Å². The maximum Gasteiger partial charge on any atom is 0.0805 e. The number of anilines is 1. The van der Waals surface area contributed by atoms with Crippen LogP contribution in [0.15, 0.2) is 18.2 Å². The Morgan fingerprint density at radius 3 is 2.86 bits per heavy atom. The van der Waals surface area contributed by atoms with Gasteiger partial charge in [-0.25, -0.2) is 0 Å². The van der Waals surface area contributed by atoms with E-state index in [9.17, 15) is 0 Å². The van der Waals surface area contributed by atoms with Crippen molar-refractivity contribution in [3.05, 3.63) is 28.8 Å². The van der Waals surface area contributed by atoms with Gasteiger partial charge in [0, 0.05) is 30.3 Å². The molecule has 21 heavy (non-hydrogen) atoms. The second kappa shape index (κ2) is 6.99. The van der Waals surface area contributed by atoms with Gasteiger partial charge in [0.15, 0.2) is 0 Å². The first-order valence-corrected chi connectivity index (χ1v) is 8.21. The minimum absolute atomic E-state index is 0.131. The van der Waals surface area contributed by atoms with E-state index in [1.807, 2.05) is 6.07 Å². The van der Waals surface area contributed by atoms with Gasteiger partial charge in [0.25, 0.3) is 0 Å². The van der Waals surface area contributed by atoms with Gasteiger partial charge in [0.2, 0.25) is 0 Å². The summed E-state index contributed by atoms with van der Waals surface area (Å²) in [5.74, 6) is 0. The first-order chi connectivity index (χ1) is 9.91. The molecule has 1 heterocycles. The molecule has 1 aromatic rings. The first-order valence-electron chi connectivity index (χ1n) is 7.83. The van der Waals surface area contributed by atoms with E-state index >= 15 is 0 Å². The molecular weight excluding hydrogens is 284 g/mol. The summed E-state index contributed by atoms with van der Waals surface area (Å²) in [5.41, 5.74) is 2.40. The van der Waals surface area contributed by atoms with Gasteiger partial charge >= 0.3 is 0 Å². The second-order valence-electron chi connectivity index (χ2n) is 6.52. The number of benzene rings is 1. The predicted molar refractivity (Wildman–Crippen MR) is 90.3 cm³/mol. The van der Waals surface area contributed by atoms with Crippen LogP contribution in [0.3, 0.4) is 0 Å². The van der Waals surface area contributed by atoms with Crippen molar-refractivity contribution in [3.8, 4) is 0 Å². The van der Waals surface area contributed by atoms with E-state index in [1.165, 1.54) is 11.3 Å². The molecule has 0 saturated carbocycles. The summed E-state index contributed by atoms with van der Waals surface area (Å²) in [6.45, 7) is 12.3. The van der Waals surface area contributed by atoms with Gasteiger partial charge < -0.3 is 15.0 Å². The number of nitrogens with zero attached hydrogens (tertiary/aromatic N) is 1. The third-order valence-corrected chi connectivity index (χ3v) is 3.93. The van der Waals surface area contributed by atoms with Gasteiger partial charge in [-0.05, 0) is 51.4 Å². The van der Waals surface area contributed by atoms with Crippen LogP contribution in [0.2, 0.25) is 5.02 Å². The molecule has 0 spiro atoms. The van der Waals surface area contributed by atoms with Crippen LogP contribution in [0.4, 0.5) is 5.69 Å². The Bertz CT molecular complexity index is 476. The average Bonchev–Trinajstić information content (AvgIpc) is 2.38. The summed E-state index contributed by atoms with van der Waals surface area (Å²) in [4.78, 5) is 2.41. The summed E-state index contributed by atoms with van der Waals surface area (Å²) in [6, 6.07) is 6.19. The number of halogens is 1. The van der Waals surface area contributed by atoms with Crippen molar-refractivity contribution < 1.29 is 4.74 Å². The standard InChI is InChI=1S/C17H27ClN2O/c1-5-8-19-10-14-6-7-15(18)9-16(14)20-11-13(2)21-17(3,4)12-20/h6-7,9,13,19H,5,8,10-12H2,1-4H3. The van der Waals surface area contributed by atoms with E-state index in [0.29, 0.717) is 0 Å². The lowest BCUT2D eigenvalue weighted by molar-refractivity contribution is -0.0750. The van der Waals surface area contributed by atoms with Crippen LogP contribution < -0.4 is 10.2 Å². The SMILES string of the molecule is CCCNCc1ccc(Cl)cc1N1CC(C)OC(C)(C)C1. The van der Waals surface area contributed by atoms with Crippen molar-refractivity contribution in [2.24, 2.45) is 0 Å². The molecule has 4 heteroatoms. The van der Waals surface area contributed by atoms with Crippen molar-refractivity contribution >= 4 is 17.3 Å². The fraction of sp³-hybridized carbons (Fsp3) is 0.647. The smallest absolute Gasteiger partial charge is 0.0805 e. The van der Waals surface area contributed by atoms with Gasteiger partial charge in [-0.3, -0.25) is 0 Å². The van der Waals surface area contributed by atoms with Crippen LogP contribution in [-0.4, -0.2) is 31.3 Å². The molecule has 1 saturated heterocycles. The highest BCUT2D eigenvalue weighted by atomic mass is 35.5. The highest BCUT2D eigenvalue weighted by Crippen LogP contribution is 2.30. The topological polar surface area (TPSA) is 24.5 Å². The van der Waals surface area contributed by atoms with Crippen LogP contribution in [-0.2, 0) is 11.3 Å². The second-order valence-corrected chi connectivity index (χ2v) is 6.95. The zero-order valence-electron chi connectivity index (χ0n) is 13.6. The van der Waals surface area contributed by atoms with Crippen molar-refractivity contribution in [3.63, 3.8) is 0 Å². The van der Waals surface area contributed by atoms with Crippen LogP contribution in [0.5, 0.6) is 0 Å². The average molecular weight is 311 g/mol. The van der Waals surface area contributed by atoms with Gasteiger partial charge in [0.05, 0.1) is 11.7 Å². The van der Waals surface area contributed by atoms with Crippen LogP contribution in [0.25, 0.3) is 0 Å². The summed E-state index contributed by atoms with van der Waals surface area (Å²) in [6.07, 6.45) is 1.37. The zero-order valence-corrected chi connectivity index (χ0v) is 14.3. The lowest BCUT2D eigenvalue weighted by atomic mass is 10.0. The largest absolute Gasteiger partial charge is 0.369 e. The lowest BCUT2D eigenvalue weighted by Crippen LogP contribution is -2.52. The Morgan fingerprint density at radius 2 is 2.19 bits per heavy atom. The van der Waals surface area contributed by atoms with E-state index < -0.39 is 0 Å². The van der Waals surface area contributed by atoms with Crippen LogP contribution in [0.1, 0.15) is 39.7 Å². The molecule has 1 aliphatic rings. The van der Waals surface area contributed by atoms with Crippen LogP contribution >= 0.6 is 11.6 Å². The number of hydrogen-bond donors (Lipinski definition) is 1. The molecule has 0 aromatic heterocycles. The highest BCUT2D eigenvalue weighted by molar-refractivity contribution is 6.30. The molecule has 0 aliphatic carbocycles. The molecule has 0 amide bonds. The Hall–Kier alpha value is -0.770. The molecule has 3 nitrogen and oxygen atoms in total. The molecule has 0 radical (unpaired) electrons. The quantitative estimate of drug-likeness (QED) is 0.836. The summed E-state index contributed by atoms with van der Waals surface area (Å²) < 4.78 is 6.00. The number of rotatable bonds is 5. The fourth-order valence-corrected chi connectivity index (χ4v) is 3.18. The van der Waals surface area contributed by atoms with E-state index in [0.717, 1.165) is 37.6 Å². The van der Waals surface area contributed by atoms with E-state index in [2.05, 4.69) is 50.0 Å². The Morgan fingerprint density at radius 1 is 1.43 bits per heavy atom. The zero-order chi connectivity index (χ0) is 15.5. The fourth-order valence-electron chi connectivity index (χ4n) is 3.02. The minimum atomic E-state index is -0.131. The maximum atomic E-state index is 6.23. The molecule has 1 aromatic carbocycles. The van der Waals surface area contributed by atoms with Gasteiger partial charge in [-0.1, -0.05) is 24.6 Å². The Balaban J connectivity index is 2.22. The molecule has 1 fully saturated rings. The number of ether oxygens (including phenoxy) is 1. The van der Waals surface area contributed by atoms with Crippen LogP contribution in [0, 0.1) is 0 Å². The minimum Gasteiger partial charge on any atom is -0.369 e. The predicted octanol–water partition coefficient (Wildman–Crippen LogP) is 3.84. The van der Waals surface area contributed by atoms with Gasteiger partial charge in [0.1, 0.15) is 0 Å². The summed E-state index contributed by atoms with van der Waals surface area (Å²) in [7, 11) is 0. The van der Waals surface area contributed by atoms with E-state index in [-0.39, 0.29) is 11.7 Å². The molecule has 1 atom stereocenters. The van der Waals surface area contributed by atoms with Crippen molar-refractivity contribution in [2.75, 3.05) is 24.5 Å². The monoisotopic (exact) mass is 310 g/mol. The summed E-state index contributed by atoms with van der Waals surface area (Å²) in [5, 5.41) is 4.27. The Labute approximate surface area is 133 Å². The van der Waals surface area contributed by atoms with Gasteiger partial charge in [-0.2, -0.15) is 0 Å². The molecule has 2 rings (SSSR count). The third-order valence-electron chi connectivity index (χ3n) is 3.70. The molecular formula is C17H27ClN2O.